The molecule has 0 fully saturated rings. The van der Waals surface area contributed by atoms with Gasteiger partial charge in [-0.15, -0.1) is 0 Å². The molecular weight excluding hydrogens is 424 g/mol. The Bertz CT molecular complexity index is 1370. The number of amides is 1. The van der Waals surface area contributed by atoms with Crippen LogP contribution in [-0.4, -0.2) is 33.4 Å². The summed E-state index contributed by atoms with van der Waals surface area (Å²) in [5, 5.41) is 14.2. The van der Waals surface area contributed by atoms with E-state index in [9.17, 15) is 19.7 Å². The van der Waals surface area contributed by atoms with Crippen molar-refractivity contribution < 1.29 is 19.2 Å². The number of benzene rings is 2. The lowest BCUT2D eigenvalue weighted by Crippen LogP contribution is -2.21. The number of nitro groups is 1. The number of fused-ring (bicyclic) bond motifs is 1. The first kappa shape index (κ1) is 21.6. The van der Waals surface area contributed by atoms with Crippen LogP contribution in [0.3, 0.4) is 0 Å². The molecule has 4 rings (SSSR count). The van der Waals surface area contributed by atoms with E-state index in [1.165, 1.54) is 25.1 Å². The topological polar surface area (TPSA) is 124 Å². The molecule has 0 saturated carbocycles. The van der Waals surface area contributed by atoms with Gasteiger partial charge in [0.1, 0.15) is 0 Å². The number of esters is 1. The van der Waals surface area contributed by atoms with Gasteiger partial charge in [0.25, 0.3) is 11.6 Å². The fourth-order valence-corrected chi connectivity index (χ4v) is 3.34. The zero-order chi connectivity index (χ0) is 23.4. The molecule has 0 aliphatic carbocycles. The number of pyridine rings is 2. The molecule has 33 heavy (non-hydrogen) atoms. The summed E-state index contributed by atoms with van der Waals surface area (Å²) in [6.07, 6.45) is 1.63. The minimum atomic E-state index is -0.698. The summed E-state index contributed by atoms with van der Waals surface area (Å²) in [5.74, 6) is -1.31. The van der Waals surface area contributed by atoms with Crippen LogP contribution in [0, 0.1) is 17.0 Å². The fraction of sp³-hybridized carbons (Fsp3) is 0.0833. The number of carbonyl (C=O) groups is 2. The molecule has 0 radical (unpaired) electrons. The number of anilines is 1. The summed E-state index contributed by atoms with van der Waals surface area (Å²) < 4.78 is 5.25. The van der Waals surface area contributed by atoms with Crippen LogP contribution in [-0.2, 0) is 9.53 Å². The molecule has 1 amide bonds. The molecule has 9 heteroatoms. The number of carbonyl (C=O) groups excluding carboxylic acids is 2. The minimum Gasteiger partial charge on any atom is -0.452 e. The third-order valence-corrected chi connectivity index (χ3v) is 4.97. The average molecular weight is 442 g/mol. The van der Waals surface area contributed by atoms with Crippen LogP contribution >= 0.6 is 0 Å². The standard InChI is InChI=1S/C24H18N4O5/c1-15-18(10-6-11-22(15)28(31)32)27-23(29)14-33-24(30)17-13-21(20-9-4-5-12-25-20)26-19-8-3-2-7-16(17)19/h2-13H,14H2,1H3,(H,27,29). The van der Waals surface area contributed by atoms with Gasteiger partial charge in [-0.25, -0.2) is 9.78 Å². The van der Waals surface area contributed by atoms with Gasteiger partial charge < -0.3 is 10.1 Å². The molecule has 0 aliphatic heterocycles. The second-order valence-electron chi connectivity index (χ2n) is 7.12. The summed E-state index contributed by atoms with van der Waals surface area (Å²) in [6, 6.07) is 18.4. The number of nitrogens with one attached hydrogen (secondary N) is 1. The zero-order valence-electron chi connectivity index (χ0n) is 17.5. The van der Waals surface area contributed by atoms with Crippen molar-refractivity contribution in [1.29, 1.82) is 0 Å². The van der Waals surface area contributed by atoms with Crippen molar-refractivity contribution in [3.63, 3.8) is 0 Å². The normalized spacial score (nSPS) is 10.6. The van der Waals surface area contributed by atoms with Crippen molar-refractivity contribution in [3.05, 3.63) is 94.2 Å². The Balaban J connectivity index is 1.54. The summed E-state index contributed by atoms with van der Waals surface area (Å²) in [6.45, 7) is 0.971. The summed E-state index contributed by atoms with van der Waals surface area (Å²) in [5.41, 5.74) is 2.40. The molecule has 0 aliphatic rings. The largest absolute Gasteiger partial charge is 0.452 e. The van der Waals surface area contributed by atoms with E-state index in [4.69, 9.17) is 4.74 Å². The Morgan fingerprint density at radius 2 is 1.82 bits per heavy atom. The molecule has 0 spiro atoms. The van der Waals surface area contributed by atoms with Crippen LogP contribution in [0.25, 0.3) is 22.3 Å². The monoisotopic (exact) mass is 442 g/mol. The Morgan fingerprint density at radius 1 is 1.03 bits per heavy atom. The first-order valence-electron chi connectivity index (χ1n) is 9.96. The highest BCUT2D eigenvalue weighted by Gasteiger charge is 2.18. The smallest absolute Gasteiger partial charge is 0.339 e. The van der Waals surface area contributed by atoms with Crippen molar-refractivity contribution in [2.75, 3.05) is 11.9 Å². The van der Waals surface area contributed by atoms with E-state index in [1.807, 2.05) is 12.1 Å². The maximum Gasteiger partial charge on any atom is 0.339 e. The first-order valence-corrected chi connectivity index (χ1v) is 9.96. The molecule has 4 aromatic rings. The SMILES string of the molecule is Cc1c(NC(=O)COC(=O)c2cc(-c3ccccn3)nc3ccccc23)cccc1[N+](=O)[O-]. The third-order valence-electron chi connectivity index (χ3n) is 4.97. The van der Waals surface area contributed by atoms with Gasteiger partial charge in [0.05, 0.1) is 38.6 Å². The predicted molar refractivity (Wildman–Crippen MR) is 122 cm³/mol. The molecule has 1 N–H and O–H groups in total. The van der Waals surface area contributed by atoms with Crippen LogP contribution in [0.2, 0.25) is 0 Å². The molecule has 0 saturated heterocycles. The van der Waals surface area contributed by atoms with Crippen LogP contribution in [0.5, 0.6) is 0 Å². The highest BCUT2D eigenvalue weighted by molar-refractivity contribution is 6.05. The Morgan fingerprint density at radius 3 is 2.58 bits per heavy atom. The maximum absolute atomic E-state index is 12.9. The molecule has 0 bridgehead atoms. The average Bonchev–Trinajstić information content (AvgIpc) is 2.83. The van der Waals surface area contributed by atoms with Crippen molar-refractivity contribution in [2.45, 2.75) is 6.92 Å². The number of rotatable bonds is 6. The number of ether oxygens (including phenoxy) is 1. The van der Waals surface area contributed by atoms with Gasteiger partial charge >= 0.3 is 5.97 Å². The van der Waals surface area contributed by atoms with Crippen LogP contribution in [0.1, 0.15) is 15.9 Å². The van der Waals surface area contributed by atoms with E-state index in [0.29, 0.717) is 27.9 Å². The lowest BCUT2D eigenvalue weighted by atomic mass is 10.1. The molecule has 9 nitrogen and oxygen atoms in total. The van der Waals surface area contributed by atoms with Gasteiger partial charge in [0.15, 0.2) is 6.61 Å². The van der Waals surface area contributed by atoms with E-state index < -0.39 is 23.4 Å². The Hall–Kier alpha value is -4.66. The second kappa shape index (κ2) is 9.23. The van der Waals surface area contributed by atoms with Crippen molar-refractivity contribution in [3.8, 4) is 11.4 Å². The number of para-hydroxylation sites is 1. The van der Waals surface area contributed by atoms with Crippen LogP contribution in [0.4, 0.5) is 11.4 Å². The maximum atomic E-state index is 12.9. The van der Waals surface area contributed by atoms with E-state index in [1.54, 1.807) is 42.6 Å². The quantitative estimate of drug-likeness (QED) is 0.268. The van der Waals surface area contributed by atoms with Gasteiger partial charge in [-0.3, -0.25) is 19.9 Å². The molecule has 2 aromatic carbocycles. The molecule has 164 valence electrons. The summed E-state index contributed by atoms with van der Waals surface area (Å²) in [4.78, 5) is 44.6. The summed E-state index contributed by atoms with van der Waals surface area (Å²) in [7, 11) is 0. The minimum absolute atomic E-state index is 0.116. The first-order chi connectivity index (χ1) is 15.9. The Labute approximate surface area is 188 Å². The second-order valence-corrected chi connectivity index (χ2v) is 7.12. The van der Waals surface area contributed by atoms with Crippen molar-refractivity contribution >= 4 is 34.2 Å². The van der Waals surface area contributed by atoms with Gasteiger partial charge in [0.2, 0.25) is 0 Å². The Kier molecular flexibility index (Phi) is 6.03. The predicted octanol–water partition coefficient (Wildman–Crippen LogP) is 4.31. The fourth-order valence-electron chi connectivity index (χ4n) is 3.34. The number of nitrogens with zero attached hydrogens (tertiary/aromatic N) is 3. The third kappa shape index (κ3) is 4.67. The van der Waals surface area contributed by atoms with E-state index in [0.717, 1.165) is 0 Å². The molecular formula is C24H18N4O5. The zero-order valence-corrected chi connectivity index (χ0v) is 17.5. The van der Waals surface area contributed by atoms with E-state index in [-0.39, 0.29) is 16.9 Å². The lowest BCUT2D eigenvalue weighted by molar-refractivity contribution is -0.385. The lowest BCUT2D eigenvalue weighted by Gasteiger charge is -2.11. The van der Waals surface area contributed by atoms with Gasteiger partial charge in [0, 0.05) is 17.6 Å². The molecule has 0 atom stereocenters. The van der Waals surface area contributed by atoms with Crippen molar-refractivity contribution in [2.24, 2.45) is 0 Å². The number of hydrogen-bond acceptors (Lipinski definition) is 7. The van der Waals surface area contributed by atoms with Crippen LogP contribution in [0.15, 0.2) is 72.9 Å². The van der Waals surface area contributed by atoms with E-state index in [2.05, 4.69) is 15.3 Å². The van der Waals surface area contributed by atoms with Gasteiger partial charge in [-0.2, -0.15) is 0 Å². The van der Waals surface area contributed by atoms with Gasteiger partial charge in [-0.1, -0.05) is 30.3 Å². The highest BCUT2D eigenvalue weighted by Crippen LogP contribution is 2.26. The molecule has 2 aromatic heterocycles. The number of aromatic nitrogens is 2. The summed E-state index contributed by atoms with van der Waals surface area (Å²) >= 11 is 0. The van der Waals surface area contributed by atoms with E-state index >= 15 is 0 Å². The van der Waals surface area contributed by atoms with Gasteiger partial charge in [-0.05, 0) is 37.3 Å². The van der Waals surface area contributed by atoms with Crippen molar-refractivity contribution in [1.82, 2.24) is 9.97 Å². The highest BCUT2D eigenvalue weighted by atomic mass is 16.6. The molecule has 0 unspecified atom stereocenters. The number of nitro benzene ring substituents is 1. The molecule has 2 heterocycles. The number of hydrogen-bond donors (Lipinski definition) is 1. The van der Waals surface area contributed by atoms with Crippen LogP contribution < -0.4 is 5.32 Å².